The van der Waals surface area contributed by atoms with E-state index in [9.17, 15) is 26.9 Å². The molecule has 2 aromatic carbocycles. The molecule has 0 aromatic heterocycles. The summed E-state index contributed by atoms with van der Waals surface area (Å²) in [4.78, 5) is 8.19. The Bertz CT molecular complexity index is 985. The van der Waals surface area contributed by atoms with Crippen molar-refractivity contribution in [1.82, 2.24) is 0 Å². The highest BCUT2D eigenvalue weighted by Gasteiger charge is 2.28. The van der Waals surface area contributed by atoms with Gasteiger partial charge >= 0.3 is 0 Å². The number of nitrogens with zero attached hydrogens (tertiary/aromatic N) is 1. The summed E-state index contributed by atoms with van der Waals surface area (Å²) < 4.78 is 48.4. The predicted octanol–water partition coefficient (Wildman–Crippen LogP) is 1.73. The van der Waals surface area contributed by atoms with E-state index >= 15 is 0 Å². The third kappa shape index (κ3) is 3.50. The average Bonchev–Trinajstić information content (AvgIpc) is 2.46. The third-order valence-corrected chi connectivity index (χ3v) is 6.02. The monoisotopic (exact) mass is 376 g/mol. The van der Waals surface area contributed by atoms with Gasteiger partial charge in [-0.2, -0.15) is 0 Å². The van der Waals surface area contributed by atoms with Crippen LogP contribution in [0.3, 0.4) is 0 Å². The fourth-order valence-electron chi connectivity index (χ4n) is 1.80. The van der Waals surface area contributed by atoms with Gasteiger partial charge in [-0.3, -0.25) is 10.1 Å². The molecule has 0 fully saturated rings. The second-order valence-corrected chi connectivity index (χ2v) is 8.27. The standard InChI is InChI=1S/C12H9ClN2O6S2/c13-8-1-4-10(5-2-8)22(18,19)11-6-3-9(15(16)17)7-12(11)23(14,20)21/h1-7H,(H2,14,20,21). The van der Waals surface area contributed by atoms with Crippen LogP contribution in [0.25, 0.3) is 0 Å². The van der Waals surface area contributed by atoms with Gasteiger partial charge in [0, 0.05) is 17.2 Å². The number of sulfone groups is 1. The molecule has 0 bridgehead atoms. The van der Waals surface area contributed by atoms with Crippen LogP contribution in [0.4, 0.5) is 5.69 Å². The quantitative estimate of drug-likeness (QED) is 0.637. The van der Waals surface area contributed by atoms with Crippen LogP contribution in [0.5, 0.6) is 0 Å². The number of hydrogen-bond donors (Lipinski definition) is 1. The Morgan fingerprint density at radius 3 is 2.00 bits per heavy atom. The van der Waals surface area contributed by atoms with E-state index in [-0.39, 0.29) is 4.90 Å². The molecule has 0 heterocycles. The molecule has 2 rings (SSSR count). The lowest BCUT2D eigenvalue weighted by Crippen LogP contribution is -2.17. The van der Waals surface area contributed by atoms with Gasteiger partial charge in [0.25, 0.3) is 5.69 Å². The summed E-state index contributed by atoms with van der Waals surface area (Å²) in [5.41, 5.74) is -0.593. The van der Waals surface area contributed by atoms with E-state index in [0.29, 0.717) is 11.1 Å². The summed E-state index contributed by atoms with van der Waals surface area (Å²) in [6.45, 7) is 0. The molecule has 0 spiro atoms. The Labute approximate surface area is 136 Å². The van der Waals surface area contributed by atoms with Crippen LogP contribution in [0.15, 0.2) is 57.2 Å². The normalized spacial score (nSPS) is 12.1. The number of non-ortho nitro benzene ring substituents is 1. The van der Waals surface area contributed by atoms with Crippen molar-refractivity contribution in [3.8, 4) is 0 Å². The zero-order chi connectivity index (χ0) is 17.4. The Hall–Kier alpha value is -2.01. The van der Waals surface area contributed by atoms with Crippen LogP contribution in [0, 0.1) is 10.1 Å². The first kappa shape index (κ1) is 17.3. The van der Waals surface area contributed by atoms with Crippen molar-refractivity contribution in [1.29, 1.82) is 0 Å². The first-order chi connectivity index (χ1) is 10.5. The van der Waals surface area contributed by atoms with Crippen molar-refractivity contribution in [2.45, 2.75) is 14.7 Å². The maximum Gasteiger partial charge on any atom is 0.270 e. The van der Waals surface area contributed by atoms with Gasteiger partial charge < -0.3 is 0 Å². The van der Waals surface area contributed by atoms with Crippen molar-refractivity contribution < 1.29 is 21.8 Å². The van der Waals surface area contributed by atoms with Gasteiger partial charge in [0.2, 0.25) is 19.9 Å². The predicted molar refractivity (Wildman–Crippen MR) is 81.4 cm³/mol. The van der Waals surface area contributed by atoms with Gasteiger partial charge in [-0.05, 0) is 30.3 Å². The second kappa shape index (κ2) is 5.89. The number of benzene rings is 2. The van der Waals surface area contributed by atoms with Crippen molar-refractivity contribution in [3.05, 3.63) is 57.6 Å². The number of sulfonamides is 1. The Morgan fingerprint density at radius 2 is 1.52 bits per heavy atom. The number of nitrogens with two attached hydrogens (primary N) is 1. The molecule has 0 unspecified atom stereocenters. The summed E-state index contributed by atoms with van der Waals surface area (Å²) in [5, 5.41) is 16.0. The zero-order valence-electron chi connectivity index (χ0n) is 11.2. The summed E-state index contributed by atoms with van der Waals surface area (Å²) in [7, 11) is -8.75. The summed E-state index contributed by atoms with van der Waals surface area (Å²) >= 11 is 5.68. The lowest BCUT2D eigenvalue weighted by atomic mass is 10.3. The molecule has 11 heteroatoms. The summed E-state index contributed by atoms with van der Waals surface area (Å²) in [6, 6.07) is 7.34. The molecule has 23 heavy (non-hydrogen) atoms. The molecule has 2 aromatic rings. The van der Waals surface area contributed by atoms with Crippen LogP contribution in [-0.2, 0) is 19.9 Å². The molecule has 0 atom stereocenters. The minimum absolute atomic E-state index is 0.222. The number of primary sulfonamides is 1. The van der Waals surface area contributed by atoms with Crippen molar-refractivity contribution in [2.75, 3.05) is 0 Å². The van der Waals surface area contributed by atoms with E-state index in [1.165, 1.54) is 24.3 Å². The lowest BCUT2D eigenvalue weighted by molar-refractivity contribution is -0.385. The maximum absolute atomic E-state index is 12.6. The molecule has 0 saturated carbocycles. The van der Waals surface area contributed by atoms with E-state index in [0.717, 1.165) is 12.1 Å². The smallest absolute Gasteiger partial charge is 0.258 e. The lowest BCUT2D eigenvalue weighted by Gasteiger charge is -2.09. The summed E-state index contributed by atoms with van der Waals surface area (Å²) in [5.74, 6) is 0. The van der Waals surface area contributed by atoms with Crippen LogP contribution in [0.1, 0.15) is 0 Å². The Morgan fingerprint density at radius 1 is 0.957 bits per heavy atom. The first-order valence-electron chi connectivity index (χ1n) is 5.85. The highest BCUT2D eigenvalue weighted by atomic mass is 35.5. The van der Waals surface area contributed by atoms with Crippen LogP contribution in [0.2, 0.25) is 5.02 Å². The molecule has 0 amide bonds. The van der Waals surface area contributed by atoms with Gasteiger partial charge in [0.15, 0.2) is 0 Å². The van der Waals surface area contributed by atoms with Gasteiger partial charge in [-0.25, -0.2) is 22.0 Å². The van der Waals surface area contributed by atoms with Gasteiger partial charge in [-0.1, -0.05) is 11.6 Å². The minimum atomic E-state index is -4.50. The molecule has 8 nitrogen and oxygen atoms in total. The molecular formula is C12H9ClN2O6S2. The number of halogens is 1. The highest BCUT2D eigenvalue weighted by molar-refractivity contribution is 7.93. The zero-order valence-corrected chi connectivity index (χ0v) is 13.6. The van der Waals surface area contributed by atoms with E-state index in [2.05, 4.69) is 0 Å². The maximum atomic E-state index is 12.6. The van der Waals surface area contributed by atoms with Gasteiger partial charge in [-0.15, -0.1) is 0 Å². The Kier molecular flexibility index (Phi) is 4.44. The first-order valence-corrected chi connectivity index (χ1v) is 9.26. The van der Waals surface area contributed by atoms with Crippen molar-refractivity contribution in [3.63, 3.8) is 0 Å². The number of nitro groups is 1. The van der Waals surface area contributed by atoms with Crippen LogP contribution in [-0.4, -0.2) is 21.8 Å². The van der Waals surface area contributed by atoms with Crippen LogP contribution < -0.4 is 5.14 Å². The molecule has 0 aliphatic rings. The summed E-state index contributed by atoms with van der Waals surface area (Å²) in [6.07, 6.45) is 0. The fourth-order valence-corrected chi connectivity index (χ4v) is 4.55. The molecule has 0 radical (unpaired) electrons. The number of nitro benzene ring substituents is 1. The molecule has 0 aliphatic carbocycles. The van der Waals surface area contributed by atoms with E-state index in [1.54, 1.807) is 0 Å². The highest BCUT2D eigenvalue weighted by Crippen LogP contribution is 2.30. The van der Waals surface area contributed by atoms with E-state index < -0.39 is 40.3 Å². The molecule has 0 aliphatic heterocycles. The van der Waals surface area contributed by atoms with Gasteiger partial charge in [0.05, 0.1) is 14.7 Å². The van der Waals surface area contributed by atoms with E-state index in [1.807, 2.05) is 0 Å². The second-order valence-electron chi connectivity index (χ2n) is 4.39. The van der Waals surface area contributed by atoms with E-state index in [4.69, 9.17) is 16.7 Å². The average molecular weight is 377 g/mol. The SMILES string of the molecule is NS(=O)(=O)c1cc([N+](=O)[O-])ccc1S(=O)(=O)c1ccc(Cl)cc1. The number of hydrogen-bond acceptors (Lipinski definition) is 6. The van der Waals surface area contributed by atoms with Crippen molar-refractivity contribution in [2.24, 2.45) is 5.14 Å². The Balaban J connectivity index is 2.76. The number of rotatable bonds is 4. The fraction of sp³-hybridized carbons (Fsp3) is 0. The molecule has 2 N–H and O–H groups in total. The topological polar surface area (TPSA) is 137 Å². The molecule has 0 saturated heterocycles. The van der Waals surface area contributed by atoms with Gasteiger partial charge in [0.1, 0.15) is 4.90 Å². The third-order valence-electron chi connectivity index (χ3n) is 2.86. The largest absolute Gasteiger partial charge is 0.270 e. The molecular weight excluding hydrogens is 368 g/mol. The van der Waals surface area contributed by atoms with Crippen LogP contribution >= 0.6 is 11.6 Å². The molecule has 122 valence electrons. The minimum Gasteiger partial charge on any atom is -0.258 e. The van der Waals surface area contributed by atoms with Crippen molar-refractivity contribution >= 4 is 37.1 Å².